The number of nitrogens with zero attached hydrogens (tertiary/aromatic N) is 2. The third kappa shape index (κ3) is 3.23. The summed E-state index contributed by atoms with van der Waals surface area (Å²) in [6.45, 7) is 9.17. The third-order valence-corrected chi connectivity index (χ3v) is 3.23. The first kappa shape index (κ1) is 13.8. The molecule has 0 aliphatic carbocycles. The van der Waals surface area contributed by atoms with Crippen molar-refractivity contribution in [3.8, 4) is 0 Å². The van der Waals surface area contributed by atoms with Gasteiger partial charge in [-0.2, -0.15) is 0 Å². The van der Waals surface area contributed by atoms with E-state index < -0.39 is 0 Å². The Morgan fingerprint density at radius 1 is 1.63 bits per heavy atom. The second kappa shape index (κ2) is 6.02. The maximum Gasteiger partial charge on any atom is 0.339 e. The molecule has 0 radical (unpaired) electrons. The standard InChI is InChI=1S/C14H21N3O2/c1-4-19-14(18)12-7-10(2)13(16-8-12)17-6-5-15-11(3)9-17/h7-8,11,15H,4-6,9H2,1-3H3/t11-/m1/s1. The molecule has 0 unspecified atom stereocenters. The highest BCUT2D eigenvalue weighted by Gasteiger charge is 2.19. The van der Waals surface area contributed by atoms with Crippen LogP contribution in [0, 0.1) is 6.92 Å². The van der Waals surface area contributed by atoms with Crippen LogP contribution in [0.5, 0.6) is 0 Å². The van der Waals surface area contributed by atoms with E-state index in [4.69, 9.17) is 4.74 Å². The van der Waals surface area contributed by atoms with Crippen molar-refractivity contribution in [3.63, 3.8) is 0 Å². The number of anilines is 1. The van der Waals surface area contributed by atoms with Crippen LogP contribution in [0.1, 0.15) is 29.8 Å². The van der Waals surface area contributed by atoms with Crippen LogP contribution in [0.4, 0.5) is 5.82 Å². The second-order valence-electron chi connectivity index (χ2n) is 4.89. The Balaban J connectivity index is 2.17. The minimum atomic E-state index is -0.307. The fraction of sp³-hybridized carbons (Fsp3) is 0.571. The Bertz CT molecular complexity index is 462. The molecule has 5 nitrogen and oxygen atoms in total. The Morgan fingerprint density at radius 2 is 2.42 bits per heavy atom. The number of esters is 1. The molecule has 1 aromatic rings. The highest BCUT2D eigenvalue weighted by atomic mass is 16.5. The lowest BCUT2D eigenvalue weighted by molar-refractivity contribution is 0.0526. The van der Waals surface area contributed by atoms with Gasteiger partial charge in [0.05, 0.1) is 12.2 Å². The van der Waals surface area contributed by atoms with Crippen LogP contribution in [0.2, 0.25) is 0 Å². The number of carbonyl (C=O) groups excluding carboxylic acids is 1. The summed E-state index contributed by atoms with van der Waals surface area (Å²) in [5.41, 5.74) is 1.53. The molecule has 2 rings (SSSR count). The molecule has 1 N–H and O–H groups in total. The minimum absolute atomic E-state index is 0.307. The van der Waals surface area contributed by atoms with E-state index in [9.17, 15) is 4.79 Å². The molecule has 1 aromatic heterocycles. The molecular weight excluding hydrogens is 242 g/mol. The number of rotatable bonds is 3. The highest BCUT2D eigenvalue weighted by Crippen LogP contribution is 2.19. The van der Waals surface area contributed by atoms with E-state index >= 15 is 0 Å². The maximum atomic E-state index is 11.7. The van der Waals surface area contributed by atoms with E-state index in [0.717, 1.165) is 31.0 Å². The van der Waals surface area contributed by atoms with Gasteiger partial charge in [-0.25, -0.2) is 9.78 Å². The van der Waals surface area contributed by atoms with Gasteiger partial charge in [-0.05, 0) is 32.4 Å². The highest BCUT2D eigenvalue weighted by molar-refractivity contribution is 5.89. The lowest BCUT2D eigenvalue weighted by Crippen LogP contribution is -2.49. The van der Waals surface area contributed by atoms with Crippen molar-refractivity contribution in [2.24, 2.45) is 0 Å². The summed E-state index contributed by atoms with van der Waals surface area (Å²) in [4.78, 5) is 18.3. The van der Waals surface area contributed by atoms with Gasteiger partial charge < -0.3 is 15.0 Å². The van der Waals surface area contributed by atoms with Gasteiger partial charge in [0.2, 0.25) is 0 Å². The zero-order valence-electron chi connectivity index (χ0n) is 11.8. The first-order chi connectivity index (χ1) is 9.11. The molecule has 104 valence electrons. The lowest BCUT2D eigenvalue weighted by Gasteiger charge is -2.33. The largest absolute Gasteiger partial charge is 0.462 e. The molecular formula is C14H21N3O2. The van der Waals surface area contributed by atoms with Gasteiger partial charge >= 0.3 is 5.97 Å². The first-order valence-electron chi connectivity index (χ1n) is 6.74. The number of piperazine rings is 1. The fourth-order valence-corrected chi connectivity index (χ4v) is 2.35. The number of carbonyl (C=O) groups is 1. The summed E-state index contributed by atoms with van der Waals surface area (Å²) >= 11 is 0. The molecule has 0 bridgehead atoms. The average Bonchev–Trinajstić information content (AvgIpc) is 2.38. The fourth-order valence-electron chi connectivity index (χ4n) is 2.35. The summed E-state index contributed by atoms with van der Waals surface area (Å²) in [7, 11) is 0. The zero-order valence-corrected chi connectivity index (χ0v) is 11.8. The monoisotopic (exact) mass is 263 g/mol. The Kier molecular flexibility index (Phi) is 4.37. The van der Waals surface area contributed by atoms with Gasteiger partial charge in [-0.15, -0.1) is 0 Å². The van der Waals surface area contributed by atoms with Crippen molar-refractivity contribution < 1.29 is 9.53 Å². The molecule has 0 amide bonds. The van der Waals surface area contributed by atoms with Gasteiger partial charge in [-0.1, -0.05) is 0 Å². The predicted octanol–water partition coefficient (Wildman–Crippen LogP) is 1.36. The molecule has 0 aromatic carbocycles. The summed E-state index contributed by atoms with van der Waals surface area (Å²) in [5, 5.41) is 3.40. The smallest absolute Gasteiger partial charge is 0.339 e. The number of ether oxygens (including phenoxy) is 1. The number of pyridine rings is 1. The second-order valence-corrected chi connectivity index (χ2v) is 4.89. The normalized spacial score (nSPS) is 19.3. The van der Waals surface area contributed by atoms with Gasteiger partial charge in [0.15, 0.2) is 0 Å². The lowest BCUT2D eigenvalue weighted by atomic mass is 10.1. The topological polar surface area (TPSA) is 54.5 Å². The summed E-state index contributed by atoms with van der Waals surface area (Å²) in [6.07, 6.45) is 1.60. The number of hydrogen-bond acceptors (Lipinski definition) is 5. The van der Waals surface area contributed by atoms with E-state index in [0.29, 0.717) is 18.2 Å². The molecule has 1 fully saturated rings. The van der Waals surface area contributed by atoms with Crippen LogP contribution in [-0.4, -0.2) is 43.2 Å². The van der Waals surface area contributed by atoms with Gasteiger partial charge in [-0.3, -0.25) is 0 Å². The van der Waals surface area contributed by atoms with Crippen molar-refractivity contribution in [3.05, 3.63) is 23.4 Å². The SMILES string of the molecule is CCOC(=O)c1cnc(N2CCN[C@H](C)C2)c(C)c1. The Morgan fingerprint density at radius 3 is 3.05 bits per heavy atom. The first-order valence-corrected chi connectivity index (χ1v) is 6.74. The van der Waals surface area contributed by atoms with Crippen molar-refractivity contribution in [2.45, 2.75) is 26.8 Å². The van der Waals surface area contributed by atoms with E-state index in [1.807, 2.05) is 13.0 Å². The number of aryl methyl sites for hydroxylation is 1. The molecule has 2 heterocycles. The number of hydrogen-bond donors (Lipinski definition) is 1. The number of nitrogens with one attached hydrogen (secondary N) is 1. The molecule has 5 heteroatoms. The van der Waals surface area contributed by atoms with E-state index in [1.54, 1.807) is 13.1 Å². The summed E-state index contributed by atoms with van der Waals surface area (Å²) < 4.78 is 4.98. The minimum Gasteiger partial charge on any atom is -0.462 e. The Labute approximate surface area is 114 Å². The van der Waals surface area contributed by atoms with Crippen LogP contribution in [0.15, 0.2) is 12.3 Å². The van der Waals surface area contributed by atoms with E-state index in [2.05, 4.69) is 22.1 Å². The van der Waals surface area contributed by atoms with Crippen molar-refractivity contribution >= 4 is 11.8 Å². The van der Waals surface area contributed by atoms with E-state index in [-0.39, 0.29) is 5.97 Å². The molecule has 1 saturated heterocycles. The third-order valence-electron chi connectivity index (χ3n) is 3.23. The van der Waals surface area contributed by atoms with Crippen molar-refractivity contribution in [1.82, 2.24) is 10.3 Å². The van der Waals surface area contributed by atoms with Crippen LogP contribution >= 0.6 is 0 Å². The average molecular weight is 263 g/mol. The number of aromatic nitrogens is 1. The van der Waals surface area contributed by atoms with Gasteiger partial charge in [0.1, 0.15) is 5.82 Å². The maximum absolute atomic E-state index is 11.7. The summed E-state index contributed by atoms with van der Waals surface area (Å²) in [5.74, 6) is 0.653. The van der Waals surface area contributed by atoms with Gasteiger partial charge in [0, 0.05) is 31.9 Å². The molecule has 1 aliphatic heterocycles. The van der Waals surface area contributed by atoms with Gasteiger partial charge in [0.25, 0.3) is 0 Å². The van der Waals surface area contributed by atoms with Crippen molar-refractivity contribution in [1.29, 1.82) is 0 Å². The van der Waals surface area contributed by atoms with E-state index in [1.165, 1.54) is 0 Å². The summed E-state index contributed by atoms with van der Waals surface area (Å²) in [6, 6.07) is 2.31. The van der Waals surface area contributed by atoms with Crippen LogP contribution in [-0.2, 0) is 4.74 Å². The molecule has 0 saturated carbocycles. The van der Waals surface area contributed by atoms with Crippen LogP contribution < -0.4 is 10.2 Å². The molecule has 1 aliphatic rings. The van der Waals surface area contributed by atoms with Crippen molar-refractivity contribution in [2.75, 3.05) is 31.1 Å². The predicted molar refractivity (Wildman–Crippen MR) is 74.6 cm³/mol. The van der Waals surface area contributed by atoms with Crippen LogP contribution in [0.25, 0.3) is 0 Å². The molecule has 1 atom stereocenters. The molecule has 0 spiro atoms. The zero-order chi connectivity index (χ0) is 13.8. The Hall–Kier alpha value is -1.62. The molecule has 19 heavy (non-hydrogen) atoms. The quantitative estimate of drug-likeness (QED) is 0.835. The van der Waals surface area contributed by atoms with Crippen LogP contribution in [0.3, 0.4) is 0 Å².